The van der Waals surface area contributed by atoms with E-state index in [-0.39, 0.29) is 0 Å². The van der Waals surface area contributed by atoms with Gasteiger partial charge in [0.15, 0.2) is 0 Å². The molecule has 0 amide bonds. The van der Waals surface area contributed by atoms with Crippen molar-refractivity contribution in [3.63, 3.8) is 0 Å². The van der Waals surface area contributed by atoms with Gasteiger partial charge in [-0.05, 0) is 65.4 Å². The van der Waals surface area contributed by atoms with E-state index < -0.39 is 0 Å². The Kier molecular flexibility index (Phi) is 6.27. The number of rotatable bonds is 6. The summed E-state index contributed by atoms with van der Waals surface area (Å²) in [6.45, 7) is 2.10. The molecule has 5 aromatic carbocycles. The van der Waals surface area contributed by atoms with Gasteiger partial charge >= 0.3 is 0 Å². The SMILES string of the molecule is C/C=C(\C=C/Cc1ccccc1)c1ccc(-c2ccc(-n3c4ccccc4c4ccccc43)cc2)cc1. The average molecular weight is 476 g/mol. The fourth-order valence-electron chi connectivity index (χ4n) is 5.15. The molecule has 0 unspecified atom stereocenters. The molecule has 6 aromatic rings. The highest BCUT2D eigenvalue weighted by Gasteiger charge is 2.11. The van der Waals surface area contributed by atoms with Crippen molar-refractivity contribution in [3.8, 4) is 16.8 Å². The molecule has 178 valence electrons. The van der Waals surface area contributed by atoms with Crippen LogP contribution in [0.3, 0.4) is 0 Å². The number of aromatic nitrogens is 1. The third-order valence-electron chi connectivity index (χ3n) is 7.06. The predicted octanol–water partition coefficient (Wildman–Crippen LogP) is 9.65. The molecule has 1 nitrogen and oxygen atoms in total. The summed E-state index contributed by atoms with van der Waals surface area (Å²) in [5.41, 5.74) is 9.90. The maximum absolute atomic E-state index is 2.36. The summed E-state index contributed by atoms with van der Waals surface area (Å²) < 4.78 is 2.36. The molecule has 0 aliphatic heterocycles. The molecule has 0 saturated carbocycles. The lowest BCUT2D eigenvalue weighted by molar-refractivity contribution is 1.18. The molecular weight excluding hydrogens is 446 g/mol. The monoisotopic (exact) mass is 475 g/mol. The molecule has 0 fully saturated rings. The Labute approximate surface area is 218 Å². The van der Waals surface area contributed by atoms with Gasteiger partial charge in [0.05, 0.1) is 11.0 Å². The first-order valence-electron chi connectivity index (χ1n) is 12.9. The first-order valence-corrected chi connectivity index (χ1v) is 12.9. The molecular formula is C36H29N. The van der Waals surface area contributed by atoms with Gasteiger partial charge in [0, 0.05) is 16.5 Å². The van der Waals surface area contributed by atoms with E-state index in [1.54, 1.807) is 0 Å². The van der Waals surface area contributed by atoms with Crippen LogP contribution in [0.2, 0.25) is 0 Å². The zero-order valence-electron chi connectivity index (χ0n) is 21.0. The molecule has 37 heavy (non-hydrogen) atoms. The van der Waals surface area contributed by atoms with Gasteiger partial charge in [-0.25, -0.2) is 0 Å². The first-order chi connectivity index (χ1) is 18.3. The summed E-state index contributed by atoms with van der Waals surface area (Å²) in [6.07, 6.45) is 7.58. The van der Waals surface area contributed by atoms with Crippen LogP contribution >= 0.6 is 0 Å². The second-order valence-corrected chi connectivity index (χ2v) is 9.33. The summed E-state index contributed by atoms with van der Waals surface area (Å²) in [5.74, 6) is 0. The standard InChI is InChI=1S/C36H29N/c1-2-28(14-10-13-27-11-4-3-5-12-27)29-19-21-30(22-20-29)31-23-25-32(26-24-31)37-35-17-8-6-15-33(35)34-16-7-9-18-36(34)37/h2-12,14-26H,13H2,1H3/b14-10-,28-2+. The summed E-state index contributed by atoms with van der Waals surface area (Å²) in [7, 11) is 0. The summed E-state index contributed by atoms with van der Waals surface area (Å²) >= 11 is 0. The van der Waals surface area contributed by atoms with E-state index in [4.69, 9.17) is 0 Å². The van der Waals surface area contributed by atoms with E-state index in [0.29, 0.717) is 0 Å². The minimum atomic E-state index is 0.939. The Bertz CT molecular complexity index is 1660. The molecule has 0 saturated heterocycles. The zero-order chi connectivity index (χ0) is 25.0. The van der Waals surface area contributed by atoms with Crippen molar-refractivity contribution in [1.82, 2.24) is 4.57 Å². The average Bonchev–Trinajstić information content (AvgIpc) is 3.31. The Morgan fingerprint density at radius 3 is 1.73 bits per heavy atom. The molecule has 0 aliphatic carbocycles. The number of hydrogen-bond acceptors (Lipinski definition) is 0. The van der Waals surface area contributed by atoms with E-state index >= 15 is 0 Å². The molecule has 1 heterocycles. The lowest BCUT2D eigenvalue weighted by atomic mass is 9.99. The topological polar surface area (TPSA) is 4.93 Å². The van der Waals surface area contributed by atoms with Crippen molar-refractivity contribution in [3.05, 3.63) is 157 Å². The minimum absolute atomic E-state index is 0.939. The number of fused-ring (bicyclic) bond motifs is 3. The van der Waals surface area contributed by atoms with Crippen LogP contribution in [0.15, 0.2) is 146 Å². The van der Waals surface area contributed by atoms with Gasteiger partial charge in [-0.3, -0.25) is 0 Å². The maximum atomic E-state index is 2.36. The third kappa shape index (κ3) is 4.52. The van der Waals surface area contributed by atoms with Gasteiger partial charge in [-0.2, -0.15) is 0 Å². The Hall–Kier alpha value is -4.62. The highest BCUT2D eigenvalue weighted by molar-refractivity contribution is 6.09. The minimum Gasteiger partial charge on any atom is -0.309 e. The molecule has 0 spiro atoms. The molecule has 0 radical (unpaired) electrons. The van der Waals surface area contributed by atoms with Crippen molar-refractivity contribution < 1.29 is 0 Å². The number of allylic oxidation sites excluding steroid dienone is 4. The predicted molar refractivity (Wildman–Crippen MR) is 159 cm³/mol. The number of benzene rings is 5. The second-order valence-electron chi connectivity index (χ2n) is 9.33. The van der Waals surface area contributed by atoms with Crippen LogP contribution < -0.4 is 0 Å². The largest absolute Gasteiger partial charge is 0.309 e. The summed E-state index contributed by atoms with van der Waals surface area (Å²) in [6, 6.07) is 45.7. The third-order valence-corrected chi connectivity index (χ3v) is 7.06. The van der Waals surface area contributed by atoms with E-state index in [0.717, 1.165) is 6.42 Å². The second kappa shape index (κ2) is 10.2. The van der Waals surface area contributed by atoms with E-state index in [1.165, 1.54) is 55.3 Å². The number of hydrogen-bond donors (Lipinski definition) is 0. The van der Waals surface area contributed by atoms with Gasteiger partial charge in [0.1, 0.15) is 0 Å². The molecule has 0 atom stereocenters. The zero-order valence-corrected chi connectivity index (χ0v) is 21.0. The molecule has 0 bridgehead atoms. The van der Waals surface area contributed by atoms with Crippen molar-refractivity contribution >= 4 is 27.4 Å². The van der Waals surface area contributed by atoms with Gasteiger partial charge < -0.3 is 4.57 Å². The van der Waals surface area contributed by atoms with Crippen molar-refractivity contribution in [2.24, 2.45) is 0 Å². The Morgan fingerprint density at radius 1 is 0.595 bits per heavy atom. The Morgan fingerprint density at radius 2 is 1.14 bits per heavy atom. The van der Waals surface area contributed by atoms with Crippen LogP contribution in [0.4, 0.5) is 0 Å². The molecule has 1 aromatic heterocycles. The van der Waals surface area contributed by atoms with Gasteiger partial charge in [-0.15, -0.1) is 0 Å². The van der Waals surface area contributed by atoms with Crippen molar-refractivity contribution in [1.29, 1.82) is 0 Å². The quantitative estimate of drug-likeness (QED) is 0.211. The molecule has 6 rings (SSSR count). The highest BCUT2D eigenvalue weighted by atomic mass is 15.0. The van der Waals surface area contributed by atoms with Crippen LogP contribution in [-0.2, 0) is 6.42 Å². The van der Waals surface area contributed by atoms with Crippen LogP contribution in [0.1, 0.15) is 18.1 Å². The molecule has 0 aliphatic rings. The van der Waals surface area contributed by atoms with Crippen LogP contribution in [0, 0.1) is 0 Å². The Balaban J connectivity index is 1.25. The van der Waals surface area contributed by atoms with Crippen molar-refractivity contribution in [2.75, 3.05) is 0 Å². The lowest BCUT2D eigenvalue weighted by Gasteiger charge is -2.10. The fraction of sp³-hybridized carbons (Fsp3) is 0.0556. The normalized spacial score (nSPS) is 12.1. The first kappa shape index (κ1) is 22.8. The van der Waals surface area contributed by atoms with Gasteiger partial charge in [-0.1, -0.05) is 121 Å². The van der Waals surface area contributed by atoms with Gasteiger partial charge in [0.2, 0.25) is 0 Å². The van der Waals surface area contributed by atoms with Crippen molar-refractivity contribution in [2.45, 2.75) is 13.3 Å². The van der Waals surface area contributed by atoms with Crippen LogP contribution in [-0.4, -0.2) is 4.57 Å². The number of para-hydroxylation sites is 2. The molecule has 1 heteroatoms. The van der Waals surface area contributed by atoms with Crippen LogP contribution in [0.25, 0.3) is 44.2 Å². The highest BCUT2D eigenvalue weighted by Crippen LogP contribution is 2.32. The van der Waals surface area contributed by atoms with E-state index in [2.05, 4.69) is 157 Å². The fourth-order valence-corrected chi connectivity index (χ4v) is 5.15. The lowest BCUT2D eigenvalue weighted by Crippen LogP contribution is -1.93. The van der Waals surface area contributed by atoms with E-state index in [9.17, 15) is 0 Å². The van der Waals surface area contributed by atoms with E-state index in [1.807, 2.05) is 0 Å². The molecule has 0 N–H and O–H groups in total. The smallest absolute Gasteiger partial charge is 0.0541 e. The van der Waals surface area contributed by atoms with Gasteiger partial charge in [0.25, 0.3) is 0 Å². The van der Waals surface area contributed by atoms with Crippen LogP contribution in [0.5, 0.6) is 0 Å². The number of nitrogens with zero attached hydrogens (tertiary/aromatic N) is 1. The summed E-state index contributed by atoms with van der Waals surface area (Å²) in [5, 5.41) is 2.57. The summed E-state index contributed by atoms with van der Waals surface area (Å²) in [4.78, 5) is 0. The maximum Gasteiger partial charge on any atom is 0.0541 e.